The lowest BCUT2D eigenvalue weighted by molar-refractivity contribution is -0.870. The molecule has 3 unspecified atom stereocenters. The van der Waals surface area contributed by atoms with Crippen LogP contribution >= 0.6 is 7.82 Å². The molecule has 0 rings (SSSR count). The van der Waals surface area contributed by atoms with E-state index in [0.717, 1.165) is 77.0 Å². The summed E-state index contributed by atoms with van der Waals surface area (Å²) in [6.07, 6.45) is 63.1. The van der Waals surface area contributed by atoms with Gasteiger partial charge in [-0.2, -0.15) is 0 Å². The lowest BCUT2D eigenvalue weighted by Crippen LogP contribution is -2.47. The molecule has 0 aliphatic heterocycles. The highest BCUT2D eigenvalue weighted by Gasteiger charge is 2.30. The maximum absolute atomic E-state index is 13.5. The average molecular weight is 986 g/mol. The Hall–Kier alpha value is -2.81. The molecular formula is C59H106N2O7P+. The molecule has 69 heavy (non-hydrogen) atoms. The van der Waals surface area contributed by atoms with E-state index in [9.17, 15) is 19.0 Å². The fourth-order valence-electron chi connectivity index (χ4n) is 7.55. The highest BCUT2D eigenvalue weighted by atomic mass is 31.2. The Morgan fingerprint density at radius 3 is 1.39 bits per heavy atom. The van der Waals surface area contributed by atoms with Gasteiger partial charge in [-0.15, -0.1) is 0 Å². The molecule has 0 heterocycles. The normalized spacial score (nSPS) is 14.5. The predicted molar refractivity (Wildman–Crippen MR) is 295 cm³/mol. The third kappa shape index (κ3) is 49.9. The van der Waals surface area contributed by atoms with Crippen LogP contribution in [-0.4, -0.2) is 74.3 Å². The van der Waals surface area contributed by atoms with Gasteiger partial charge in [-0.25, -0.2) is 4.57 Å². The molecule has 10 heteroatoms. The number of amides is 1. The molecule has 0 radical (unpaired) electrons. The van der Waals surface area contributed by atoms with Crippen molar-refractivity contribution in [2.75, 3.05) is 40.9 Å². The monoisotopic (exact) mass is 986 g/mol. The van der Waals surface area contributed by atoms with E-state index in [1.807, 2.05) is 39.4 Å². The van der Waals surface area contributed by atoms with Crippen LogP contribution in [0, 0.1) is 0 Å². The van der Waals surface area contributed by atoms with Crippen LogP contribution in [0.2, 0.25) is 0 Å². The largest absolute Gasteiger partial charge is 0.472 e. The summed E-state index contributed by atoms with van der Waals surface area (Å²) < 4.78 is 30.5. The lowest BCUT2D eigenvalue weighted by atomic mass is 10.0. The van der Waals surface area contributed by atoms with Gasteiger partial charge in [0.15, 0.2) is 0 Å². The summed E-state index contributed by atoms with van der Waals surface area (Å²) in [5.74, 6) is -0.605. The van der Waals surface area contributed by atoms with Crippen LogP contribution in [-0.2, 0) is 27.9 Å². The van der Waals surface area contributed by atoms with Crippen molar-refractivity contribution in [1.29, 1.82) is 0 Å². The van der Waals surface area contributed by atoms with Crippen molar-refractivity contribution >= 4 is 19.7 Å². The van der Waals surface area contributed by atoms with Gasteiger partial charge >= 0.3 is 13.8 Å². The Morgan fingerprint density at radius 2 is 0.942 bits per heavy atom. The van der Waals surface area contributed by atoms with Crippen LogP contribution in [0.5, 0.6) is 0 Å². The second kappa shape index (κ2) is 48.8. The molecule has 0 saturated carbocycles. The molecule has 0 spiro atoms. The molecule has 2 N–H and O–H groups in total. The van der Waals surface area contributed by atoms with Crippen LogP contribution < -0.4 is 5.32 Å². The fraction of sp³-hybridized carbons (Fsp3) is 0.729. The van der Waals surface area contributed by atoms with E-state index in [0.29, 0.717) is 23.9 Å². The topological polar surface area (TPSA) is 111 Å². The van der Waals surface area contributed by atoms with Crippen LogP contribution in [0.4, 0.5) is 0 Å². The first kappa shape index (κ1) is 66.2. The highest BCUT2D eigenvalue weighted by molar-refractivity contribution is 7.47. The number of esters is 1. The van der Waals surface area contributed by atoms with E-state index in [1.165, 1.54) is 109 Å². The Bertz CT molecular complexity index is 1460. The Labute approximate surface area is 425 Å². The van der Waals surface area contributed by atoms with Gasteiger partial charge in [-0.1, -0.05) is 228 Å². The number of unbranched alkanes of at least 4 members (excludes halogenated alkanes) is 21. The molecule has 0 aliphatic rings. The predicted octanol–water partition coefficient (Wildman–Crippen LogP) is 16.7. The van der Waals surface area contributed by atoms with Gasteiger partial charge in [0.25, 0.3) is 0 Å². The summed E-state index contributed by atoms with van der Waals surface area (Å²) in [4.78, 5) is 37.5. The third-order valence-corrected chi connectivity index (χ3v) is 12.8. The van der Waals surface area contributed by atoms with Crippen LogP contribution in [0.25, 0.3) is 0 Å². The van der Waals surface area contributed by atoms with E-state index in [4.69, 9.17) is 13.8 Å². The second-order valence-electron chi connectivity index (χ2n) is 19.7. The van der Waals surface area contributed by atoms with Crippen molar-refractivity contribution in [1.82, 2.24) is 5.32 Å². The maximum atomic E-state index is 13.5. The minimum atomic E-state index is -4.46. The first-order valence-electron chi connectivity index (χ1n) is 27.9. The smallest absolute Gasteiger partial charge is 0.456 e. The first-order valence-corrected chi connectivity index (χ1v) is 29.4. The van der Waals surface area contributed by atoms with Gasteiger partial charge in [-0.3, -0.25) is 18.6 Å². The van der Waals surface area contributed by atoms with E-state index >= 15 is 0 Å². The Kier molecular flexibility index (Phi) is 46.8. The van der Waals surface area contributed by atoms with Gasteiger partial charge in [-0.05, 0) is 70.3 Å². The molecule has 1 amide bonds. The third-order valence-electron chi connectivity index (χ3n) is 11.9. The molecule has 9 nitrogen and oxygen atoms in total. The quantitative estimate of drug-likeness (QED) is 0.0205. The number of phosphoric acid groups is 1. The first-order chi connectivity index (χ1) is 33.4. The van der Waals surface area contributed by atoms with Gasteiger partial charge in [0.2, 0.25) is 5.91 Å². The molecule has 0 saturated heterocycles. The van der Waals surface area contributed by atoms with E-state index in [2.05, 4.69) is 92.9 Å². The fourth-order valence-corrected chi connectivity index (χ4v) is 8.29. The van der Waals surface area contributed by atoms with Crippen molar-refractivity contribution in [3.05, 3.63) is 85.1 Å². The molecule has 0 fully saturated rings. The number of nitrogens with one attached hydrogen (secondary N) is 1. The standard InChI is InChI=1S/C59H105N2O7P/c1-7-10-13-16-19-22-25-27-28-29-30-31-32-34-37-40-43-46-49-52-59(63)68-57(50-47-44-41-38-35-24-21-18-15-12-9-3)56(55-67-69(64,65)66-54-53-61(4,5)6)60-58(62)51-48-45-42-39-36-33-26-23-20-17-14-11-8-2/h10,13,19,22,27-28,30-31,34,37,43,46-47,50,56-57H,7-9,11-12,14-18,20-21,23-26,29,32-33,35-36,38-42,44-45,48-49,51-55H2,1-6H3,(H-,60,62,64,65)/p+1/b13-10-,22-19-,28-27-,31-30-,37-34-,46-43-,50-47+. The summed E-state index contributed by atoms with van der Waals surface area (Å²) >= 11 is 0. The van der Waals surface area contributed by atoms with Gasteiger partial charge in [0.05, 0.1) is 33.8 Å². The molecular weight excluding hydrogens is 880 g/mol. The zero-order valence-electron chi connectivity index (χ0n) is 45.3. The number of quaternary nitrogens is 1. The maximum Gasteiger partial charge on any atom is 0.472 e. The van der Waals surface area contributed by atoms with E-state index < -0.39 is 25.9 Å². The summed E-state index contributed by atoms with van der Waals surface area (Å²) in [5, 5.41) is 3.02. The summed E-state index contributed by atoms with van der Waals surface area (Å²) in [6, 6.07) is -0.879. The summed E-state index contributed by atoms with van der Waals surface area (Å²) in [7, 11) is 1.45. The minimum absolute atomic E-state index is 0.0268. The molecule has 3 atom stereocenters. The number of phosphoric ester groups is 1. The molecule has 0 aromatic carbocycles. The van der Waals surface area contributed by atoms with Crippen molar-refractivity contribution in [3.8, 4) is 0 Å². The zero-order valence-corrected chi connectivity index (χ0v) is 46.2. The highest BCUT2D eigenvalue weighted by Crippen LogP contribution is 2.43. The zero-order chi connectivity index (χ0) is 50.8. The number of carbonyl (C=O) groups excluding carboxylic acids is 2. The van der Waals surface area contributed by atoms with Crippen molar-refractivity contribution in [2.45, 2.75) is 238 Å². The Morgan fingerprint density at radius 1 is 0.522 bits per heavy atom. The average Bonchev–Trinajstić information content (AvgIpc) is 3.31. The molecule has 398 valence electrons. The number of hydrogen-bond acceptors (Lipinski definition) is 6. The molecule has 0 aliphatic carbocycles. The number of allylic oxidation sites excluding steroid dienone is 13. The van der Waals surface area contributed by atoms with Crippen molar-refractivity contribution < 1.29 is 37.3 Å². The summed E-state index contributed by atoms with van der Waals surface area (Å²) in [6.45, 7) is 6.83. The van der Waals surface area contributed by atoms with Crippen LogP contribution in [0.3, 0.4) is 0 Å². The number of carbonyl (C=O) groups is 2. The van der Waals surface area contributed by atoms with Crippen LogP contribution in [0.1, 0.15) is 226 Å². The second-order valence-corrected chi connectivity index (χ2v) is 21.2. The van der Waals surface area contributed by atoms with E-state index in [-0.39, 0.29) is 25.5 Å². The van der Waals surface area contributed by atoms with Gasteiger partial charge < -0.3 is 19.4 Å². The van der Waals surface area contributed by atoms with Crippen molar-refractivity contribution in [3.63, 3.8) is 0 Å². The van der Waals surface area contributed by atoms with Gasteiger partial charge in [0, 0.05) is 12.8 Å². The van der Waals surface area contributed by atoms with E-state index in [1.54, 1.807) is 0 Å². The number of ether oxygens (including phenoxy) is 1. The SMILES string of the molecule is CC/C=C\C/C=C\C/C=C\C/C=C\C/C=C\C/C=C\CCC(=O)OC(/C=C/CCCCCCCCCCC)C(COP(=O)(O)OCC[N+](C)(C)C)NC(=O)CCCCCCCCCCCCCCC. The molecule has 0 aromatic heterocycles. The number of rotatable bonds is 49. The number of nitrogens with zero attached hydrogens (tertiary/aromatic N) is 1. The van der Waals surface area contributed by atoms with Gasteiger partial charge in [0.1, 0.15) is 19.3 Å². The minimum Gasteiger partial charge on any atom is -0.456 e. The van der Waals surface area contributed by atoms with Crippen LogP contribution in [0.15, 0.2) is 85.1 Å². The number of likely N-dealkylation sites (N-methyl/N-ethyl adjacent to an activating group) is 1. The molecule has 0 bridgehead atoms. The number of hydrogen-bond donors (Lipinski definition) is 2. The Balaban J connectivity index is 5.46. The molecule has 0 aromatic rings. The lowest BCUT2D eigenvalue weighted by Gasteiger charge is -2.27. The summed E-state index contributed by atoms with van der Waals surface area (Å²) in [5.41, 5.74) is 0. The van der Waals surface area contributed by atoms with Crippen molar-refractivity contribution in [2.24, 2.45) is 0 Å².